The molecule has 0 spiro atoms. The van der Waals surface area contributed by atoms with E-state index in [2.05, 4.69) is 11.8 Å². The van der Waals surface area contributed by atoms with Gasteiger partial charge in [-0.05, 0) is 12.8 Å². The second kappa shape index (κ2) is 6.55. The Labute approximate surface area is 97.8 Å². The van der Waals surface area contributed by atoms with Gasteiger partial charge in [-0.1, -0.05) is 6.92 Å². The molecule has 0 aromatic heterocycles. The molecular formula is C12H23NO3. The van der Waals surface area contributed by atoms with E-state index >= 15 is 0 Å². The standard InChI is InChI=1S/C12H23NO3/c1-2-11-10-13(6-9-14-11)5-4-12-15-7-3-8-16-12/h11-12H,2-10H2,1H3. The molecule has 0 N–H and O–H groups in total. The molecule has 0 aliphatic carbocycles. The molecule has 16 heavy (non-hydrogen) atoms. The normalized spacial score (nSPS) is 29.4. The van der Waals surface area contributed by atoms with E-state index in [4.69, 9.17) is 14.2 Å². The Hall–Kier alpha value is -0.160. The van der Waals surface area contributed by atoms with Gasteiger partial charge in [-0.25, -0.2) is 0 Å². The van der Waals surface area contributed by atoms with Gasteiger partial charge < -0.3 is 14.2 Å². The Bertz CT molecular complexity index is 195. The van der Waals surface area contributed by atoms with Gasteiger partial charge >= 0.3 is 0 Å². The average molecular weight is 229 g/mol. The van der Waals surface area contributed by atoms with Crippen molar-refractivity contribution in [3.63, 3.8) is 0 Å². The van der Waals surface area contributed by atoms with Gasteiger partial charge in [0.25, 0.3) is 0 Å². The maximum Gasteiger partial charge on any atom is 0.158 e. The van der Waals surface area contributed by atoms with E-state index in [0.717, 1.165) is 58.7 Å². The van der Waals surface area contributed by atoms with Crippen LogP contribution < -0.4 is 0 Å². The lowest BCUT2D eigenvalue weighted by atomic mass is 10.2. The van der Waals surface area contributed by atoms with E-state index in [1.54, 1.807) is 0 Å². The lowest BCUT2D eigenvalue weighted by Crippen LogP contribution is -2.43. The molecule has 0 amide bonds. The van der Waals surface area contributed by atoms with Gasteiger partial charge in [-0.2, -0.15) is 0 Å². The largest absolute Gasteiger partial charge is 0.376 e. The molecule has 2 aliphatic heterocycles. The SMILES string of the molecule is CCC1CN(CCC2OCCCO2)CCO1. The van der Waals surface area contributed by atoms with Crippen molar-refractivity contribution in [3.05, 3.63) is 0 Å². The molecule has 0 bridgehead atoms. The first-order valence-corrected chi connectivity index (χ1v) is 6.45. The zero-order chi connectivity index (χ0) is 11.2. The lowest BCUT2D eigenvalue weighted by Gasteiger charge is -2.33. The first kappa shape index (κ1) is 12.3. The summed E-state index contributed by atoms with van der Waals surface area (Å²) < 4.78 is 16.7. The van der Waals surface area contributed by atoms with Gasteiger partial charge in [-0.15, -0.1) is 0 Å². The molecule has 2 rings (SSSR count). The molecule has 4 heteroatoms. The van der Waals surface area contributed by atoms with Crippen LogP contribution in [0.2, 0.25) is 0 Å². The summed E-state index contributed by atoms with van der Waals surface area (Å²) in [5, 5.41) is 0. The summed E-state index contributed by atoms with van der Waals surface area (Å²) >= 11 is 0. The van der Waals surface area contributed by atoms with Gasteiger partial charge in [0.05, 0.1) is 25.9 Å². The predicted octanol–water partition coefficient (Wildman–Crippen LogP) is 1.25. The molecule has 0 aromatic rings. The first-order chi connectivity index (χ1) is 7.88. The zero-order valence-corrected chi connectivity index (χ0v) is 10.2. The molecule has 2 fully saturated rings. The highest BCUT2D eigenvalue weighted by Crippen LogP contribution is 2.12. The quantitative estimate of drug-likeness (QED) is 0.726. The van der Waals surface area contributed by atoms with Crippen molar-refractivity contribution in [2.45, 2.75) is 38.6 Å². The van der Waals surface area contributed by atoms with Crippen molar-refractivity contribution < 1.29 is 14.2 Å². The third-order valence-corrected chi connectivity index (χ3v) is 3.26. The van der Waals surface area contributed by atoms with Crippen LogP contribution in [0, 0.1) is 0 Å². The summed E-state index contributed by atoms with van der Waals surface area (Å²) in [5.41, 5.74) is 0. The molecule has 94 valence electrons. The summed E-state index contributed by atoms with van der Waals surface area (Å²) in [6.07, 6.45) is 3.56. The van der Waals surface area contributed by atoms with Gasteiger partial charge in [0, 0.05) is 26.1 Å². The van der Waals surface area contributed by atoms with Crippen molar-refractivity contribution in [1.29, 1.82) is 0 Å². The Morgan fingerprint density at radius 1 is 1.12 bits per heavy atom. The number of rotatable bonds is 4. The van der Waals surface area contributed by atoms with Gasteiger partial charge in [0.15, 0.2) is 6.29 Å². The van der Waals surface area contributed by atoms with Crippen LogP contribution in [0.25, 0.3) is 0 Å². The van der Waals surface area contributed by atoms with Crippen molar-refractivity contribution in [1.82, 2.24) is 4.90 Å². The molecule has 0 aromatic carbocycles. The molecule has 2 aliphatic rings. The van der Waals surface area contributed by atoms with Crippen LogP contribution >= 0.6 is 0 Å². The topological polar surface area (TPSA) is 30.9 Å². The molecule has 4 nitrogen and oxygen atoms in total. The molecule has 0 saturated carbocycles. The highest BCUT2D eigenvalue weighted by molar-refractivity contribution is 4.70. The van der Waals surface area contributed by atoms with Crippen LogP contribution in [0.3, 0.4) is 0 Å². The fraction of sp³-hybridized carbons (Fsp3) is 1.00. The number of morpholine rings is 1. The highest BCUT2D eigenvalue weighted by Gasteiger charge is 2.21. The van der Waals surface area contributed by atoms with Crippen LogP contribution in [0.5, 0.6) is 0 Å². The Morgan fingerprint density at radius 2 is 1.94 bits per heavy atom. The fourth-order valence-corrected chi connectivity index (χ4v) is 2.22. The number of hydrogen-bond donors (Lipinski definition) is 0. The first-order valence-electron chi connectivity index (χ1n) is 6.45. The lowest BCUT2D eigenvalue weighted by molar-refractivity contribution is -0.184. The maximum atomic E-state index is 5.64. The minimum atomic E-state index is 0.0247. The summed E-state index contributed by atoms with van der Waals surface area (Å²) in [4.78, 5) is 2.46. The third-order valence-electron chi connectivity index (χ3n) is 3.26. The van der Waals surface area contributed by atoms with Crippen molar-refractivity contribution >= 4 is 0 Å². The number of nitrogens with zero attached hydrogens (tertiary/aromatic N) is 1. The van der Waals surface area contributed by atoms with Crippen molar-refractivity contribution in [2.24, 2.45) is 0 Å². The van der Waals surface area contributed by atoms with Crippen LogP contribution in [0.4, 0.5) is 0 Å². The van der Waals surface area contributed by atoms with E-state index in [1.807, 2.05) is 0 Å². The van der Waals surface area contributed by atoms with Gasteiger partial charge in [0.2, 0.25) is 0 Å². The highest BCUT2D eigenvalue weighted by atomic mass is 16.7. The van der Waals surface area contributed by atoms with E-state index < -0.39 is 0 Å². The second-order valence-corrected chi connectivity index (χ2v) is 4.52. The van der Waals surface area contributed by atoms with Crippen LogP contribution in [0.15, 0.2) is 0 Å². The van der Waals surface area contributed by atoms with Crippen molar-refractivity contribution in [2.75, 3.05) is 39.5 Å². The minimum absolute atomic E-state index is 0.0247. The van der Waals surface area contributed by atoms with E-state index in [-0.39, 0.29) is 6.29 Å². The maximum absolute atomic E-state index is 5.64. The van der Waals surface area contributed by atoms with Gasteiger partial charge in [0.1, 0.15) is 0 Å². The summed E-state index contributed by atoms with van der Waals surface area (Å²) in [5.74, 6) is 0. The smallest absolute Gasteiger partial charge is 0.158 e. The zero-order valence-electron chi connectivity index (χ0n) is 10.2. The van der Waals surface area contributed by atoms with E-state index in [0.29, 0.717) is 6.10 Å². The van der Waals surface area contributed by atoms with E-state index in [1.165, 1.54) is 0 Å². The predicted molar refractivity (Wildman–Crippen MR) is 61.4 cm³/mol. The third kappa shape index (κ3) is 3.70. The molecule has 0 radical (unpaired) electrons. The fourth-order valence-electron chi connectivity index (χ4n) is 2.22. The minimum Gasteiger partial charge on any atom is -0.376 e. The summed E-state index contributed by atoms with van der Waals surface area (Å²) in [7, 11) is 0. The van der Waals surface area contributed by atoms with Crippen LogP contribution in [-0.2, 0) is 14.2 Å². The Balaban J connectivity index is 1.64. The van der Waals surface area contributed by atoms with Crippen molar-refractivity contribution in [3.8, 4) is 0 Å². The summed E-state index contributed by atoms with van der Waals surface area (Å²) in [6, 6.07) is 0. The monoisotopic (exact) mass is 229 g/mol. The average Bonchev–Trinajstić information content (AvgIpc) is 2.38. The molecule has 1 atom stereocenters. The van der Waals surface area contributed by atoms with Crippen LogP contribution in [0.1, 0.15) is 26.2 Å². The molecule has 2 heterocycles. The van der Waals surface area contributed by atoms with Crippen LogP contribution in [-0.4, -0.2) is 56.7 Å². The molecular weight excluding hydrogens is 206 g/mol. The molecule has 1 unspecified atom stereocenters. The Kier molecular flexibility index (Phi) is 5.03. The molecule has 2 saturated heterocycles. The second-order valence-electron chi connectivity index (χ2n) is 4.52. The Morgan fingerprint density at radius 3 is 2.69 bits per heavy atom. The van der Waals surface area contributed by atoms with E-state index in [9.17, 15) is 0 Å². The summed E-state index contributed by atoms with van der Waals surface area (Å²) in [6.45, 7) is 7.92. The number of hydrogen-bond acceptors (Lipinski definition) is 4. The number of ether oxygens (including phenoxy) is 3. The van der Waals surface area contributed by atoms with Gasteiger partial charge in [-0.3, -0.25) is 4.90 Å².